The first-order valence-corrected chi connectivity index (χ1v) is 10.8. The topological polar surface area (TPSA) is 95.3 Å². The van der Waals surface area contributed by atoms with Gasteiger partial charge in [-0.3, -0.25) is 0 Å². The minimum absolute atomic E-state index is 0.0647. The molecule has 1 aliphatic rings. The summed E-state index contributed by atoms with van der Waals surface area (Å²) in [5.41, 5.74) is 2.52. The van der Waals surface area contributed by atoms with Gasteiger partial charge in [-0.2, -0.15) is 0 Å². The third-order valence-electron chi connectivity index (χ3n) is 5.41. The molecule has 1 aliphatic carbocycles. The van der Waals surface area contributed by atoms with Gasteiger partial charge < -0.3 is 14.4 Å². The fourth-order valence-corrected chi connectivity index (χ4v) is 3.51. The average molecular weight is 417 g/mol. The van der Waals surface area contributed by atoms with Crippen LogP contribution in [0.2, 0.25) is 0 Å². The number of ether oxygens (including phenoxy) is 2. The molecule has 0 aromatic carbocycles. The molecular weight excluding hydrogens is 384 g/mol. The number of aryl methyl sites for hydroxylation is 2. The molecule has 0 aliphatic heterocycles. The van der Waals surface area contributed by atoms with Crippen molar-refractivity contribution in [2.24, 2.45) is 7.05 Å². The summed E-state index contributed by atoms with van der Waals surface area (Å²) in [6.45, 7) is 4.70. The van der Waals surface area contributed by atoms with Crippen LogP contribution in [0.25, 0.3) is 11.4 Å². The van der Waals surface area contributed by atoms with E-state index in [0.717, 1.165) is 25.7 Å². The summed E-state index contributed by atoms with van der Waals surface area (Å²) in [6.07, 6.45) is 9.26. The molecular formula is C21H32N6O3. The van der Waals surface area contributed by atoms with Crippen LogP contribution in [0.4, 0.5) is 4.79 Å². The van der Waals surface area contributed by atoms with Gasteiger partial charge in [-0.15, -0.1) is 5.10 Å². The van der Waals surface area contributed by atoms with Gasteiger partial charge in [-0.05, 0) is 39.0 Å². The smallest absolute Gasteiger partial charge is 0.409 e. The number of aromatic nitrogens is 5. The normalized spacial score (nSPS) is 14.5. The largest absolute Gasteiger partial charge is 0.473 e. The van der Waals surface area contributed by atoms with E-state index in [2.05, 4.69) is 27.2 Å². The van der Waals surface area contributed by atoms with Crippen molar-refractivity contribution in [3.63, 3.8) is 0 Å². The highest BCUT2D eigenvalue weighted by Gasteiger charge is 2.21. The quantitative estimate of drug-likeness (QED) is 0.648. The second kappa shape index (κ2) is 10.4. The molecule has 0 unspecified atom stereocenters. The van der Waals surface area contributed by atoms with Gasteiger partial charge in [0.2, 0.25) is 5.88 Å². The number of carbonyl (C=O) groups excluding carboxylic acids is 1. The van der Waals surface area contributed by atoms with Crippen LogP contribution < -0.4 is 4.74 Å². The van der Waals surface area contributed by atoms with E-state index in [9.17, 15) is 4.79 Å². The predicted octanol–water partition coefficient (Wildman–Crippen LogP) is 3.66. The summed E-state index contributed by atoms with van der Waals surface area (Å²) in [5, 5.41) is 8.28. The van der Waals surface area contributed by atoms with Crippen LogP contribution in [0.3, 0.4) is 0 Å². The number of hydrogen-bond donors (Lipinski definition) is 0. The lowest BCUT2D eigenvalue weighted by Gasteiger charge is -2.22. The molecule has 0 saturated heterocycles. The molecule has 0 radical (unpaired) electrons. The van der Waals surface area contributed by atoms with E-state index in [1.54, 1.807) is 29.9 Å². The minimum Gasteiger partial charge on any atom is -0.473 e. The van der Waals surface area contributed by atoms with Crippen LogP contribution in [-0.2, 0) is 18.4 Å². The summed E-state index contributed by atoms with van der Waals surface area (Å²) in [7, 11) is 3.50. The standard InChI is InChI=1S/C21H32N6O3/c1-5-6-12-26(3)21(28)29-14-18-19(24-25-27(18)4)17-13-22-20(15(2)23-17)30-16-10-8-7-9-11-16/h13,16H,5-12,14H2,1-4H3. The number of hydrogen-bond acceptors (Lipinski definition) is 7. The van der Waals surface area contributed by atoms with E-state index in [1.165, 1.54) is 19.3 Å². The second-order valence-corrected chi connectivity index (χ2v) is 7.86. The minimum atomic E-state index is -0.367. The first kappa shape index (κ1) is 22.0. The van der Waals surface area contributed by atoms with Crippen molar-refractivity contribution in [3.05, 3.63) is 17.6 Å². The summed E-state index contributed by atoms with van der Waals surface area (Å²) in [4.78, 5) is 22.9. The first-order valence-electron chi connectivity index (χ1n) is 10.8. The Kier molecular flexibility index (Phi) is 7.59. The summed E-state index contributed by atoms with van der Waals surface area (Å²) in [6, 6.07) is 0. The van der Waals surface area contributed by atoms with Crippen molar-refractivity contribution in [2.75, 3.05) is 13.6 Å². The first-order chi connectivity index (χ1) is 14.5. The SMILES string of the molecule is CCCCN(C)C(=O)OCc1c(-c2cnc(OC3CCCCC3)c(C)n2)nnn1C. The molecule has 164 valence electrons. The zero-order valence-corrected chi connectivity index (χ0v) is 18.4. The molecule has 9 nitrogen and oxygen atoms in total. The van der Waals surface area contributed by atoms with Gasteiger partial charge in [0, 0.05) is 20.6 Å². The second-order valence-electron chi connectivity index (χ2n) is 7.86. The van der Waals surface area contributed by atoms with Crippen molar-refractivity contribution in [2.45, 2.75) is 71.5 Å². The highest BCUT2D eigenvalue weighted by Crippen LogP contribution is 2.26. The number of rotatable bonds is 8. The third kappa shape index (κ3) is 5.46. The summed E-state index contributed by atoms with van der Waals surface area (Å²) < 4.78 is 13.1. The van der Waals surface area contributed by atoms with Crippen LogP contribution in [0, 0.1) is 6.92 Å². The Morgan fingerprint density at radius 1 is 1.30 bits per heavy atom. The maximum atomic E-state index is 12.2. The fraction of sp³-hybridized carbons (Fsp3) is 0.667. The maximum Gasteiger partial charge on any atom is 0.409 e. The Morgan fingerprint density at radius 3 is 2.77 bits per heavy atom. The van der Waals surface area contributed by atoms with E-state index in [1.807, 2.05) is 6.92 Å². The van der Waals surface area contributed by atoms with E-state index < -0.39 is 0 Å². The molecule has 3 rings (SSSR count). The molecule has 1 amide bonds. The molecule has 1 fully saturated rings. The van der Waals surface area contributed by atoms with Gasteiger partial charge in [-0.25, -0.2) is 19.4 Å². The van der Waals surface area contributed by atoms with Crippen LogP contribution >= 0.6 is 0 Å². The van der Waals surface area contributed by atoms with Crippen LogP contribution in [0.1, 0.15) is 63.3 Å². The summed E-state index contributed by atoms with van der Waals surface area (Å²) >= 11 is 0. The molecule has 0 bridgehead atoms. The van der Waals surface area contributed by atoms with E-state index in [4.69, 9.17) is 9.47 Å². The van der Waals surface area contributed by atoms with Crippen LogP contribution in [0.5, 0.6) is 5.88 Å². The lowest BCUT2D eigenvalue weighted by atomic mass is 9.98. The maximum absolute atomic E-state index is 12.2. The number of carbonyl (C=O) groups is 1. The van der Waals surface area contributed by atoms with Crippen LogP contribution in [-0.4, -0.2) is 55.7 Å². The lowest BCUT2D eigenvalue weighted by molar-refractivity contribution is 0.102. The summed E-state index contributed by atoms with van der Waals surface area (Å²) in [5.74, 6) is 0.570. The van der Waals surface area contributed by atoms with E-state index in [0.29, 0.717) is 35.2 Å². The van der Waals surface area contributed by atoms with Gasteiger partial charge in [0.1, 0.15) is 35.5 Å². The Balaban J connectivity index is 1.69. The molecule has 1 saturated carbocycles. The van der Waals surface area contributed by atoms with Crippen LogP contribution in [0.15, 0.2) is 6.20 Å². The highest BCUT2D eigenvalue weighted by molar-refractivity contribution is 5.67. The molecule has 0 N–H and O–H groups in total. The molecule has 0 spiro atoms. The zero-order valence-electron chi connectivity index (χ0n) is 18.4. The van der Waals surface area contributed by atoms with Gasteiger partial charge in [0.15, 0.2) is 0 Å². The molecule has 30 heavy (non-hydrogen) atoms. The Labute approximate surface area is 177 Å². The average Bonchev–Trinajstić information content (AvgIpc) is 3.12. The molecule has 2 aromatic rings. The fourth-order valence-electron chi connectivity index (χ4n) is 3.51. The molecule has 2 heterocycles. The van der Waals surface area contributed by atoms with E-state index in [-0.39, 0.29) is 18.8 Å². The van der Waals surface area contributed by atoms with Gasteiger partial charge >= 0.3 is 6.09 Å². The van der Waals surface area contributed by atoms with Gasteiger partial charge in [-0.1, -0.05) is 25.0 Å². The van der Waals surface area contributed by atoms with Gasteiger partial charge in [0.25, 0.3) is 0 Å². The zero-order chi connectivity index (χ0) is 21.5. The Hall–Kier alpha value is -2.71. The number of nitrogens with zero attached hydrogens (tertiary/aromatic N) is 6. The molecule has 2 aromatic heterocycles. The number of amides is 1. The molecule has 0 atom stereocenters. The van der Waals surface area contributed by atoms with Crippen molar-refractivity contribution in [1.29, 1.82) is 0 Å². The predicted molar refractivity (Wildman–Crippen MR) is 112 cm³/mol. The lowest BCUT2D eigenvalue weighted by Crippen LogP contribution is -2.28. The van der Waals surface area contributed by atoms with Gasteiger partial charge in [0.05, 0.1) is 6.20 Å². The highest BCUT2D eigenvalue weighted by atomic mass is 16.6. The van der Waals surface area contributed by atoms with Crippen molar-refractivity contribution >= 4 is 6.09 Å². The Morgan fingerprint density at radius 2 is 2.07 bits per heavy atom. The Bertz CT molecular complexity index is 847. The van der Waals surface area contributed by atoms with Crippen molar-refractivity contribution in [3.8, 4) is 17.3 Å². The van der Waals surface area contributed by atoms with E-state index >= 15 is 0 Å². The molecule has 9 heteroatoms. The van der Waals surface area contributed by atoms with Crippen molar-refractivity contribution in [1.82, 2.24) is 29.9 Å². The number of unbranched alkanes of at least 4 members (excludes halogenated alkanes) is 1. The third-order valence-corrected chi connectivity index (χ3v) is 5.41. The monoisotopic (exact) mass is 416 g/mol. The van der Waals surface area contributed by atoms with Crippen molar-refractivity contribution < 1.29 is 14.3 Å².